The van der Waals surface area contributed by atoms with Gasteiger partial charge in [-0.3, -0.25) is 9.59 Å². The van der Waals surface area contributed by atoms with E-state index in [4.69, 9.17) is 5.73 Å². The van der Waals surface area contributed by atoms with E-state index < -0.39 is 5.41 Å². The van der Waals surface area contributed by atoms with E-state index in [1.807, 2.05) is 20.8 Å². The summed E-state index contributed by atoms with van der Waals surface area (Å²) in [6.45, 7) is 10.5. The van der Waals surface area contributed by atoms with E-state index in [2.05, 4.69) is 24.5 Å². The Morgan fingerprint density at radius 1 is 1.20 bits per heavy atom. The fraction of sp³-hybridized carbons (Fsp3) is 0.857. The first kappa shape index (κ1) is 21.5. The van der Waals surface area contributed by atoms with Crippen molar-refractivity contribution >= 4 is 24.2 Å². The smallest absolute Gasteiger partial charge is 0.225 e. The van der Waals surface area contributed by atoms with Gasteiger partial charge in [0, 0.05) is 31.0 Å². The molecule has 0 aromatic carbocycles. The van der Waals surface area contributed by atoms with E-state index in [0.29, 0.717) is 19.0 Å². The van der Waals surface area contributed by atoms with Gasteiger partial charge in [0.2, 0.25) is 11.8 Å². The molecule has 5 nitrogen and oxygen atoms in total. The topological polar surface area (TPSA) is 84.2 Å². The molecule has 0 aliphatic rings. The van der Waals surface area contributed by atoms with Crippen molar-refractivity contribution in [3.05, 3.63) is 0 Å². The Hall–Kier alpha value is -0.810. The van der Waals surface area contributed by atoms with Gasteiger partial charge in [-0.1, -0.05) is 34.6 Å². The third-order valence-electron chi connectivity index (χ3n) is 2.72. The van der Waals surface area contributed by atoms with E-state index >= 15 is 0 Å². The summed E-state index contributed by atoms with van der Waals surface area (Å²) in [5.41, 5.74) is 5.20. The molecule has 0 saturated heterocycles. The van der Waals surface area contributed by atoms with E-state index in [1.165, 1.54) is 0 Å². The average molecular weight is 308 g/mol. The quantitative estimate of drug-likeness (QED) is 0.665. The van der Waals surface area contributed by atoms with Gasteiger partial charge in [0.05, 0.1) is 0 Å². The van der Waals surface area contributed by atoms with Gasteiger partial charge in [0.15, 0.2) is 0 Å². The van der Waals surface area contributed by atoms with Crippen molar-refractivity contribution in [2.75, 3.05) is 13.1 Å². The van der Waals surface area contributed by atoms with Crippen LogP contribution in [-0.4, -0.2) is 30.9 Å². The minimum atomic E-state index is -0.423. The summed E-state index contributed by atoms with van der Waals surface area (Å²) in [6.07, 6.45) is 1.16. The second-order valence-corrected chi connectivity index (χ2v) is 6.39. The van der Waals surface area contributed by atoms with Crippen LogP contribution in [0.5, 0.6) is 0 Å². The Kier molecular flexibility index (Phi) is 10.7. The number of hydrogen-bond donors (Lipinski definition) is 3. The molecular formula is C14H30ClN3O2. The Morgan fingerprint density at radius 2 is 1.75 bits per heavy atom. The molecule has 0 aliphatic carbocycles. The molecule has 1 atom stereocenters. The molecule has 0 bridgehead atoms. The number of amides is 2. The fourth-order valence-corrected chi connectivity index (χ4v) is 1.64. The Balaban J connectivity index is 0. The molecule has 0 heterocycles. The van der Waals surface area contributed by atoms with Crippen LogP contribution < -0.4 is 16.4 Å². The van der Waals surface area contributed by atoms with Crippen molar-refractivity contribution in [2.24, 2.45) is 17.1 Å². The van der Waals surface area contributed by atoms with Gasteiger partial charge >= 0.3 is 0 Å². The van der Waals surface area contributed by atoms with E-state index in [0.717, 1.165) is 6.42 Å². The first-order chi connectivity index (χ1) is 8.66. The van der Waals surface area contributed by atoms with Crippen LogP contribution in [0.4, 0.5) is 0 Å². The lowest BCUT2D eigenvalue weighted by Gasteiger charge is -2.20. The third-order valence-corrected chi connectivity index (χ3v) is 2.72. The summed E-state index contributed by atoms with van der Waals surface area (Å²) in [7, 11) is 0. The van der Waals surface area contributed by atoms with Gasteiger partial charge in [-0.05, 0) is 12.3 Å². The molecule has 0 rings (SSSR count). The molecule has 0 aliphatic heterocycles. The highest BCUT2D eigenvalue weighted by Crippen LogP contribution is 2.12. The molecule has 0 radical (unpaired) electrons. The maximum absolute atomic E-state index is 11.7. The van der Waals surface area contributed by atoms with Crippen molar-refractivity contribution in [1.82, 2.24) is 10.6 Å². The van der Waals surface area contributed by atoms with Crippen molar-refractivity contribution in [1.29, 1.82) is 0 Å². The average Bonchev–Trinajstić information content (AvgIpc) is 2.25. The first-order valence-corrected chi connectivity index (χ1v) is 6.94. The Bertz CT molecular complexity index is 301. The molecular weight excluding hydrogens is 278 g/mol. The van der Waals surface area contributed by atoms with Gasteiger partial charge in [-0.2, -0.15) is 0 Å². The maximum atomic E-state index is 11.7. The number of carbonyl (C=O) groups is 2. The number of rotatable bonds is 7. The van der Waals surface area contributed by atoms with Crippen molar-refractivity contribution in [3.8, 4) is 0 Å². The summed E-state index contributed by atoms with van der Waals surface area (Å²) in [5, 5.41) is 5.65. The highest BCUT2D eigenvalue weighted by atomic mass is 35.5. The minimum absolute atomic E-state index is 0. The zero-order valence-electron chi connectivity index (χ0n) is 13.3. The van der Waals surface area contributed by atoms with Crippen LogP contribution in [0.1, 0.15) is 47.5 Å². The summed E-state index contributed by atoms with van der Waals surface area (Å²) >= 11 is 0. The van der Waals surface area contributed by atoms with Crippen LogP contribution in [0.2, 0.25) is 0 Å². The summed E-state index contributed by atoms with van der Waals surface area (Å²) in [6, 6.07) is 0.0193. The molecule has 20 heavy (non-hydrogen) atoms. The molecule has 0 spiro atoms. The van der Waals surface area contributed by atoms with Gasteiger partial charge in [0.25, 0.3) is 0 Å². The summed E-state index contributed by atoms with van der Waals surface area (Å²) < 4.78 is 0. The monoisotopic (exact) mass is 307 g/mol. The minimum Gasteiger partial charge on any atom is -0.355 e. The number of carbonyl (C=O) groups excluding carboxylic acids is 2. The second-order valence-electron chi connectivity index (χ2n) is 6.39. The highest BCUT2D eigenvalue weighted by molar-refractivity contribution is 5.85. The van der Waals surface area contributed by atoms with Crippen molar-refractivity contribution in [2.45, 2.75) is 53.5 Å². The van der Waals surface area contributed by atoms with Gasteiger partial charge < -0.3 is 16.4 Å². The summed E-state index contributed by atoms with van der Waals surface area (Å²) in [4.78, 5) is 23.3. The predicted octanol–water partition coefficient (Wildman–Crippen LogP) is 1.45. The van der Waals surface area contributed by atoms with E-state index in [9.17, 15) is 9.59 Å². The van der Waals surface area contributed by atoms with Crippen molar-refractivity contribution < 1.29 is 9.59 Å². The molecule has 120 valence electrons. The zero-order valence-corrected chi connectivity index (χ0v) is 14.1. The molecule has 4 N–H and O–H groups in total. The van der Waals surface area contributed by atoms with Crippen LogP contribution in [0.25, 0.3) is 0 Å². The van der Waals surface area contributed by atoms with E-state index in [-0.39, 0.29) is 36.7 Å². The van der Waals surface area contributed by atoms with Crippen LogP contribution in [-0.2, 0) is 9.59 Å². The number of halogens is 1. The maximum Gasteiger partial charge on any atom is 0.225 e. The molecule has 0 saturated carbocycles. The van der Waals surface area contributed by atoms with Crippen LogP contribution in [0, 0.1) is 11.3 Å². The molecule has 0 aromatic heterocycles. The molecule has 6 heteroatoms. The first-order valence-electron chi connectivity index (χ1n) is 6.94. The van der Waals surface area contributed by atoms with Crippen LogP contribution in [0.3, 0.4) is 0 Å². The lowest BCUT2D eigenvalue weighted by molar-refractivity contribution is -0.128. The van der Waals surface area contributed by atoms with Crippen LogP contribution in [0.15, 0.2) is 0 Å². The van der Waals surface area contributed by atoms with Gasteiger partial charge in [-0.15, -0.1) is 12.4 Å². The highest BCUT2D eigenvalue weighted by Gasteiger charge is 2.20. The fourth-order valence-electron chi connectivity index (χ4n) is 1.64. The Morgan fingerprint density at radius 3 is 2.15 bits per heavy atom. The molecule has 2 amide bonds. The van der Waals surface area contributed by atoms with E-state index in [1.54, 1.807) is 0 Å². The number of hydrogen-bond acceptors (Lipinski definition) is 3. The van der Waals surface area contributed by atoms with Gasteiger partial charge in [-0.25, -0.2) is 0 Å². The summed E-state index contributed by atoms with van der Waals surface area (Å²) in [5.74, 6) is 0.387. The SMILES string of the molecule is CC(C)CC(CN)NC(=O)CCNC(=O)C(C)(C)C.Cl. The standard InChI is InChI=1S/C14H29N3O2.ClH/c1-10(2)8-11(9-15)17-12(18)6-7-16-13(19)14(3,4)5;/h10-11H,6-9,15H2,1-5H3,(H,16,19)(H,17,18);1H. The largest absolute Gasteiger partial charge is 0.355 e. The normalized spacial score (nSPS) is 12.6. The van der Waals surface area contributed by atoms with Gasteiger partial charge in [0.1, 0.15) is 0 Å². The van der Waals surface area contributed by atoms with Crippen molar-refractivity contribution in [3.63, 3.8) is 0 Å². The molecule has 1 unspecified atom stereocenters. The molecule has 0 fully saturated rings. The Labute approximate surface area is 128 Å². The second kappa shape index (κ2) is 10.00. The van der Waals surface area contributed by atoms with Crippen LogP contribution >= 0.6 is 12.4 Å². The number of nitrogens with two attached hydrogens (primary N) is 1. The zero-order chi connectivity index (χ0) is 15.1. The lowest BCUT2D eigenvalue weighted by atomic mass is 9.96. The predicted molar refractivity (Wildman–Crippen MR) is 84.8 cm³/mol. The molecule has 0 aromatic rings. The number of nitrogens with one attached hydrogen (secondary N) is 2. The third kappa shape index (κ3) is 10.0. The lowest BCUT2D eigenvalue weighted by Crippen LogP contribution is -2.43.